The van der Waals surface area contributed by atoms with Gasteiger partial charge < -0.3 is 0 Å². The average molecular weight is 1590 g/mol. The zero-order chi connectivity index (χ0) is 75.0. The molecule has 12 aromatic carbocycles. The molecule has 0 saturated heterocycles. The van der Waals surface area contributed by atoms with Gasteiger partial charge in [0.1, 0.15) is 0 Å². The molecule has 0 spiro atoms. The molecule has 106 heavy (non-hydrogen) atoms. The molecule has 0 N–H and O–H groups in total. The van der Waals surface area contributed by atoms with Gasteiger partial charge in [0.2, 0.25) is 0 Å². The van der Waals surface area contributed by atoms with Crippen LogP contribution in [0.25, 0.3) is 0 Å². The molecular weight excluding hydrogens is 1480 g/mol. The molecule has 10 heteroatoms. The molecule has 0 atom stereocenters. The molecule has 540 valence electrons. The molecular formula is C96H108Ge2N4P4. The van der Waals surface area contributed by atoms with Crippen LogP contribution in [-0.4, -0.2) is 31.8 Å². The Bertz CT molecular complexity index is 3810. The van der Waals surface area contributed by atoms with Crippen molar-refractivity contribution in [2.45, 2.75) is 158 Å². The minimum absolute atomic E-state index is 0.369. The number of nitrogens with zero attached hydrogens (tertiary/aromatic N) is 4. The average Bonchev–Trinajstić information content (AvgIpc) is 0.760. The van der Waals surface area contributed by atoms with Gasteiger partial charge in [-0.1, -0.05) is 0 Å². The van der Waals surface area contributed by atoms with Crippen LogP contribution < -0.4 is 56.9 Å². The van der Waals surface area contributed by atoms with Crippen LogP contribution in [-0.2, 0) is 0 Å². The van der Waals surface area contributed by atoms with Gasteiger partial charge in [0.25, 0.3) is 0 Å². The Hall–Kier alpha value is -7.35. The summed E-state index contributed by atoms with van der Waals surface area (Å²) in [4.78, 5) is 0. The van der Waals surface area contributed by atoms with Crippen molar-refractivity contribution >= 4 is 129 Å². The van der Waals surface area contributed by atoms with E-state index in [4.69, 9.17) is 0 Å². The summed E-state index contributed by atoms with van der Waals surface area (Å²) >= 11 is -2.23. The number of anilines is 4. The Labute approximate surface area is 656 Å². The quantitative estimate of drug-likeness (QED) is 0.0358. The van der Waals surface area contributed by atoms with E-state index in [0.29, 0.717) is 47.3 Å². The van der Waals surface area contributed by atoms with Gasteiger partial charge in [0, 0.05) is 0 Å². The molecule has 0 amide bonds. The Kier molecular flexibility index (Phi) is 28.7. The normalized spacial score (nSPS) is 11.7. The second kappa shape index (κ2) is 38.1. The van der Waals surface area contributed by atoms with Crippen molar-refractivity contribution in [2.24, 2.45) is 0 Å². The molecule has 0 saturated carbocycles. The Morgan fingerprint density at radius 1 is 0.160 bits per heavy atom. The first-order chi connectivity index (χ1) is 51.3. The molecule has 0 aliphatic heterocycles. The van der Waals surface area contributed by atoms with Gasteiger partial charge in [0.05, 0.1) is 0 Å². The van der Waals surface area contributed by atoms with Gasteiger partial charge in [-0.25, -0.2) is 0 Å². The number of hydrogen-bond donors (Lipinski definition) is 0. The summed E-state index contributed by atoms with van der Waals surface area (Å²) < 4.78 is 11.9. The number of hydrogen-bond acceptors (Lipinski definition) is 4. The molecule has 4 radical (unpaired) electrons. The predicted molar refractivity (Wildman–Crippen MR) is 476 cm³/mol. The van der Waals surface area contributed by atoms with Crippen molar-refractivity contribution in [3.05, 3.63) is 360 Å². The maximum absolute atomic E-state index is 2.97. The molecule has 4 nitrogen and oxygen atoms in total. The van der Waals surface area contributed by atoms with Crippen molar-refractivity contribution in [3.63, 3.8) is 0 Å². The fourth-order valence-corrected chi connectivity index (χ4v) is 37.2. The first-order valence-electron chi connectivity index (χ1n) is 38.2. The van der Waals surface area contributed by atoms with E-state index in [9.17, 15) is 0 Å². The molecule has 0 aliphatic carbocycles. The van der Waals surface area contributed by atoms with E-state index in [2.05, 4.69) is 441 Å². The Balaban J connectivity index is 0.000000212. The monoisotopic (exact) mass is 1590 g/mol. The van der Waals surface area contributed by atoms with Crippen LogP contribution in [0.4, 0.5) is 22.7 Å². The van der Waals surface area contributed by atoms with Crippen molar-refractivity contribution in [1.29, 1.82) is 0 Å². The standard InChI is InChI=1S/2C48H54GeN2P2/c2*1-35(2)43-31-21-32-44(36(3)4)47(43)50(52(39-23-13-9-14-24-39)40-25-15-10-16-26-40)49-51(48-45(37(5)6)33-22-34-46(48)38(7)8)53(41-27-17-11-18-28-41)42-29-19-12-20-30-42/h2*9-38H,1-8H3. The molecule has 12 aromatic rings. The number of rotatable bonds is 28. The van der Waals surface area contributed by atoms with Gasteiger partial charge in [-0.05, 0) is 0 Å². The third kappa shape index (κ3) is 18.8. The first kappa shape index (κ1) is 79.7. The van der Waals surface area contributed by atoms with Crippen LogP contribution in [0.15, 0.2) is 315 Å². The maximum atomic E-state index is 2.97. The Morgan fingerprint density at radius 3 is 0.377 bits per heavy atom. The van der Waals surface area contributed by atoms with E-state index in [1.807, 2.05) is 0 Å². The van der Waals surface area contributed by atoms with Crippen LogP contribution in [0.2, 0.25) is 0 Å². The van der Waals surface area contributed by atoms with E-state index in [-0.39, 0.29) is 0 Å². The summed E-state index contributed by atoms with van der Waals surface area (Å²) in [5, 5.41) is 11.1. The van der Waals surface area contributed by atoms with Crippen LogP contribution in [0.1, 0.15) is 203 Å². The zero-order valence-electron chi connectivity index (χ0n) is 65.2. The van der Waals surface area contributed by atoms with Gasteiger partial charge >= 0.3 is 662 Å². The second-order valence-corrected chi connectivity index (χ2v) is 45.7. The van der Waals surface area contributed by atoms with Gasteiger partial charge in [-0.3, -0.25) is 0 Å². The van der Waals surface area contributed by atoms with Gasteiger partial charge in [-0.15, -0.1) is 0 Å². The van der Waals surface area contributed by atoms with Crippen LogP contribution in [0, 0.1) is 0 Å². The molecule has 0 unspecified atom stereocenters. The molecule has 0 aliphatic rings. The summed E-state index contributed by atoms with van der Waals surface area (Å²) in [7, 11) is -3.80. The third-order valence-corrected chi connectivity index (χ3v) is 38.5. The molecule has 0 aromatic heterocycles. The van der Waals surface area contributed by atoms with E-state index < -0.39 is 64.0 Å². The SMILES string of the molecule is CC(C)c1cccc(C(C)C)c1[N]([Ge][N](c1c(C(C)C)cccc1C(C)C)P(c1ccccc1)c1ccccc1)P(c1ccccc1)c1ccccc1.CC(C)c1cccc(C(C)C)c1[N]([Ge][N](c1c(C(C)C)cccc1C(C)C)P(c1ccccc1)c1ccccc1)P(c1ccccc1)c1ccccc1. The topological polar surface area (TPSA) is 13.0 Å². The predicted octanol–water partition coefficient (Wildman–Crippen LogP) is 24.2. The first-order valence-corrected chi connectivity index (χ1v) is 47.1. The van der Waals surface area contributed by atoms with E-state index >= 15 is 0 Å². The van der Waals surface area contributed by atoms with Crippen molar-refractivity contribution in [2.75, 3.05) is 14.5 Å². The van der Waals surface area contributed by atoms with Crippen molar-refractivity contribution < 1.29 is 0 Å². The van der Waals surface area contributed by atoms with Crippen molar-refractivity contribution in [3.8, 4) is 0 Å². The minimum atomic E-state index is -1.11. The summed E-state index contributed by atoms with van der Waals surface area (Å²) in [5.41, 5.74) is 17.2. The molecule has 0 fully saturated rings. The van der Waals surface area contributed by atoms with Crippen LogP contribution in [0.5, 0.6) is 0 Å². The summed E-state index contributed by atoms with van der Waals surface area (Å²) in [6, 6.07) is 119. The molecule has 12 rings (SSSR count). The molecule has 0 bridgehead atoms. The summed E-state index contributed by atoms with van der Waals surface area (Å²) in [6.07, 6.45) is 0. The third-order valence-electron chi connectivity index (χ3n) is 19.4. The van der Waals surface area contributed by atoms with Crippen LogP contribution >= 0.6 is 32.3 Å². The number of para-hydroxylation sites is 4. The van der Waals surface area contributed by atoms with E-state index in [0.717, 1.165) is 0 Å². The van der Waals surface area contributed by atoms with Gasteiger partial charge in [-0.2, -0.15) is 0 Å². The van der Waals surface area contributed by atoms with Crippen molar-refractivity contribution in [1.82, 2.24) is 0 Å². The second-order valence-electron chi connectivity index (χ2n) is 29.8. The number of benzene rings is 12. The zero-order valence-corrected chi connectivity index (χ0v) is 73.0. The molecule has 0 heterocycles. The summed E-state index contributed by atoms with van der Waals surface area (Å²) in [5.74, 6) is 2.95. The van der Waals surface area contributed by atoms with E-state index in [1.54, 1.807) is 0 Å². The Morgan fingerprint density at radius 2 is 0.274 bits per heavy atom. The fraction of sp³-hybridized carbons (Fsp3) is 0.250. The fourth-order valence-electron chi connectivity index (χ4n) is 14.1. The van der Waals surface area contributed by atoms with Gasteiger partial charge in [0.15, 0.2) is 0 Å². The van der Waals surface area contributed by atoms with Crippen LogP contribution in [0.3, 0.4) is 0 Å². The van der Waals surface area contributed by atoms with E-state index in [1.165, 1.54) is 110 Å². The summed E-state index contributed by atoms with van der Waals surface area (Å²) in [6.45, 7) is 38.0.